The van der Waals surface area contributed by atoms with Gasteiger partial charge in [0.15, 0.2) is 0 Å². The second kappa shape index (κ2) is 8.95. The van der Waals surface area contributed by atoms with Crippen LogP contribution in [0, 0.1) is 0 Å². The molecule has 0 aliphatic carbocycles. The Kier molecular flexibility index (Phi) is 7.14. The summed E-state index contributed by atoms with van der Waals surface area (Å²) in [6.07, 6.45) is 1.94. The molecular weight excluding hydrogens is 407 g/mol. The van der Waals surface area contributed by atoms with Gasteiger partial charge in [-0.3, -0.25) is 9.10 Å². The topological polar surface area (TPSA) is 66.5 Å². The minimum Gasteiger partial charge on any atom is -0.350 e. The molecule has 5 nitrogen and oxygen atoms in total. The number of carbonyl (C=O) groups excluding carboxylic acids is 1. The smallest absolute Gasteiger partial charge is 0.251 e. The minimum absolute atomic E-state index is 0.00421. The van der Waals surface area contributed by atoms with Crippen LogP contribution in [-0.2, 0) is 16.6 Å². The molecule has 0 fully saturated rings. The van der Waals surface area contributed by atoms with Crippen LogP contribution in [-0.4, -0.2) is 26.6 Å². The van der Waals surface area contributed by atoms with Gasteiger partial charge in [-0.05, 0) is 49.7 Å². The Morgan fingerprint density at radius 2 is 1.67 bits per heavy atom. The number of carbonyl (C=O) groups is 1. The zero-order valence-electron chi connectivity index (χ0n) is 15.4. The number of hydrogen-bond acceptors (Lipinski definition) is 3. The van der Waals surface area contributed by atoms with Crippen LogP contribution in [0.15, 0.2) is 42.5 Å². The third-order valence-electron chi connectivity index (χ3n) is 4.17. The average molecular weight is 429 g/mol. The lowest BCUT2D eigenvalue weighted by molar-refractivity contribution is 0.0939. The lowest BCUT2D eigenvalue weighted by atomic mass is 10.1. The van der Waals surface area contributed by atoms with Crippen LogP contribution in [0.25, 0.3) is 0 Å². The molecule has 27 heavy (non-hydrogen) atoms. The predicted molar refractivity (Wildman–Crippen MR) is 111 cm³/mol. The van der Waals surface area contributed by atoms with Gasteiger partial charge in [0.25, 0.3) is 5.91 Å². The van der Waals surface area contributed by atoms with Gasteiger partial charge in [-0.2, -0.15) is 0 Å². The predicted octanol–water partition coefficient (Wildman–Crippen LogP) is 4.49. The van der Waals surface area contributed by atoms with Crippen LogP contribution in [0.4, 0.5) is 5.69 Å². The number of sulfonamides is 1. The maximum absolute atomic E-state index is 12.3. The van der Waals surface area contributed by atoms with Crippen molar-refractivity contribution in [1.82, 2.24) is 5.32 Å². The van der Waals surface area contributed by atoms with Gasteiger partial charge < -0.3 is 5.32 Å². The van der Waals surface area contributed by atoms with E-state index in [9.17, 15) is 13.2 Å². The molecule has 0 spiro atoms. The molecule has 0 heterocycles. The molecule has 0 aliphatic rings. The van der Waals surface area contributed by atoms with Crippen molar-refractivity contribution in [2.45, 2.75) is 32.9 Å². The SMILES string of the molecule is CCC(C)NC(=O)c1ccc(N(Cc2c(Cl)cccc2Cl)S(C)(=O)=O)cc1. The summed E-state index contributed by atoms with van der Waals surface area (Å²) < 4.78 is 25.8. The maximum atomic E-state index is 12.3. The van der Waals surface area contributed by atoms with Gasteiger partial charge in [-0.1, -0.05) is 36.2 Å². The highest BCUT2D eigenvalue weighted by Gasteiger charge is 2.21. The van der Waals surface area contributed by atoms with E-state index in [4.69, 9.17) is 23.2 Å². The summed E-state index contributed by atoms with van der Waals surface area (Å²) in [5.74, 6) is -0.198. The van der Waals surface area contributed by atoms with E-state index in [0.717, 1.165) is 12.7 Å². The Morgan fingerprint density at radius 1 is 1.11 bits per heavy atom. The minimum atomic E-state index is -3.59. The molecule has 1 atom stereocenters. The molecule has 0 saturated carbocycles. The molecule has 0 radical (unpaired) electrons. The zero-order chi connectivity index (χ0) is 20.2. The van der Waals surface area contributed by atoms with Gasteiger partial charge in [-0.25, -0.2) is 8.42 Å². The highest BCUT2D eigenvalue weighted by Crippen LogP contribution is 2.29. The summed E-state index contributed by atoms with van der Waals surface area (Å²) in [7, 11) is -3.59. The molecule has 2 rings (SSSR count). The molecule has 1 amide bonds. The van der Waals surface area contributed by atoms with Crippen molar-refractivity contribution in [1.29, 1.82) is 0 Å². The van der Waals surface area contributed by atoms with Crippen molar-refractivity contribution in [3.63, 3.8) is 0 Å². The number of nitrogens with zero attached hydrogens (tertiary/aromatic N) is 1. The molecular formula is C19H22Cl2N2O3S. The normalized spacial score (nSPS) is 12.5. The largest absolute Gasteiger partial charge is 0.350 e. The van der Waals surface area contributed by atoms with Crippen molar-refractivity contribution >= 4 is 44.8 Å². The van der Waals surface area contributed by atoms with Crippen molar-refractivity contribution < 1.29 is 13.2 Å². The number of nitrogens with one attached hydrogen (secondary N) is 1. The summed E-state index contributed by atoms with van der Waals surface area (Å²) >= 11 is 12.4. The van der Waals surface area contributed by atoms with E-state index in [1.807, 2.05) is 13.8 Å². The van der Waals surface area contributed by atoms with Crippen LogP contribution >= 0.6 is 23.2 Å². The van der Waals surface area contributed by atoms with Crippen LogP contribution in [0.2, 0.25) is 10.0 Å². The van der Waals surface area contributed by atoms with Gasteiger partial charge in [-0.15, -0.1) is 0 Å². The Labute approximate surface area is 170 Å². The van der Waals surface area contributed by atoms with E-state index >= 15 is 0 Å². The fourth-order valence-corrected chi connectivity index (χ4v) is 3.80. The lowest BCUT2D eigenvalue weighted by Gasteiger charge is -2.24. The standard InChI is InChI=1S/C19H22Cl2N2O3S/c1-4-13(2)22-19(24)14-8-10-15(11-9-14)23(27(3,25)26)12-16-17(20)6-5-7-18(16)21/h5-11,13H,4,12H2,1-3H3,(H,22,24). The maximum Gasteiger partial charge on any atom is 0.251 e. The van der Waals surface area contributed by atoms with E-state index in [1.54, 1.807) is 42.5 Å². The summed E-state index contributed by atoms with van der Waals surface area (Å²) in [6, 6.07) is 11.5. The quantitative estimate of drug-likeness (QED) is 0.706. The van der Waals surface area contributed by atoms with Crippen molar-refractivity contribution in [2.75, 3.05) is 10.6 Å². The lowest BCUT2D eigenvalue weighted by Crippen LogP contribution is -2.32. The highest BCUT2D eigenvalue weighted by atomic mass is 35.5. The number of amides is 1. The van der Waals surface area contributed by atoms with E-state index in [1.165, 1.54) is 4.31 Å². The van der Waals surface area contributed by atoms with E-state index in [2.05, 4.69) is 5.32 Å². The van der Waals surface area contributed by atoms with E-state index < -0.39 is 10.0 Å². The summed E-state index contributed by atoms with van der Waals surface area (Å²) in [5.41, 5.74) is 1.40. The molecule has 2 aromatic carbocycles. The van der Waals surface area contributed by atoms with Gasteiger partial charge in [0, 0.05) is 27.2 Å². The summed E-state index contributed by atoms with van der Waals surface area (Å²) in [6.45, 7) is 3.90. The van der Waals surface area contributed by atoms with Gasteiger partial charge in [0.05, 0.1) is 18.5 Å². The molecule has 0 saturated heterocycles. The van der Waals surface area contributed by atoms with Crippen LogP contribution in [0.3, 0.4) is 0 Å². The Morgan fingerprint density at radius 3 is 2.15 bits per heavy atom. The Hall–Kier alpha value is -1.76. The number of benzene rings is 2. The molecule has 0 aliphatic heterocycles. The van der Waals surface area contributed by atoms with Crippen LogP contribution in [0.5, 0.6) is 0 Å². The number of rotatable bonds is 7. The summed E-state index contributed by atoms with van der Waals surface area (Å²) in [5, 5.41) is 3.65. The zero-order valence-corrected chi connectivity index (χ0v) is 17.7. The van der Waals surface area contributed by atoms with Crippen molar-refractivity contribution in [3.8, 4) is 0 Å². The molecule has 1 unspecified atom stereocenters. The second-order valence-corrected chi connectivity index (χ2v) is 9.02. The first-order chi connectivity index (χ1) is 12.6. The fraction of sp³-hybridized carbons (Fsp3) is 0.316. The first-order valence-electron chi connectivity index (χ1n) is 8.45. The first kappa shape index (κ1) is 21.5. The molecule has 146 valence electrons. The number of anilines is 1. The van der Waals surface area contributed by atoms with Gasteiger partial charge in [0.1, 0.15) is 0 Å². The summed E-state index contributed by atoms with van der Waals surface area (Å²) in [4.78, 5) is 12.2. The van der Waals surface area contributed by atoms with E-state index in [-0.39, 0.29) is 18.5 Å². The molecule has 0 bridgehead atoms. The van der Waals surface area contributed by atoms with Crippen LogP contribution in [0.1, 0.15) is 36.2 Å². The monoisotopic (exact) mass is 428 g/mol. The first-order valence-corrected chi connectivity index (χ1v) is 11.1. The molecule has 1 N–H and O–H groups in total. The van der Waals surface area contributed by atoms with Crippen molar-refractivity contribution in [3.05, 3.63) is 63.6 Å². The second-order valence-electron chi connectivity index (χ2n) is 6.30. The Bertz CT molecular complexity index is 895. The third-order valence-corrected chi connectivity index (χ3v) is 6.02. The van der Waals surface area contributed by atoms with Crippen molar-refractivity contribution in [2.24, 2.45) is 0 Å². The fourth-order valence-electron chi connectivity index (χ4n) is 2.42. The molecule has 2 aromatic rings. The van der Waals surface area contributed by atoms with Crippen LogP contribution < -0.4 is 9.62 Å². The number of hydrogen-bond donors (Lipinski definition) is 1. The molecule has 8 heteroatoms. The third kappa shape index (κ3) is 5.61. The number of halogens is 2. The van der Waals surface area contributed by atoms with E-state index in [0.29, 0.717) is 26.9 Å². The van der Waals surface area contributed by atoms with Gasteiger partial charge in [0.2, 0.25) is 10.0 Å². The van der Waals surface area contributed by atoms with Gasteiger partial charge >= 0.3 is 0 Å². The highest BCUT2D eigenvalue weighted by molar-refractivity contribution is 7.92. The average Bonchev–Trinajstić information content (AvgIpc) is 2.60. The Balaban J connectivity index is 2.32. The molecule has 0 aromatic heterocycles.